The lowest BCUT2D eigenvalue weighted by molar-refractivity contribution is 0.0934. The molecule has 0 saturated heterocycles. The van der Waals surface area contributed by atoms with Gasteiger partial charge in [-0.1, -0.05) is 75.7 Å². The molecule has 0 fully saturated rings. The predicted molar refractivity (Wildman–Crippen MR) is 125 cm³/mol. The number of alkyl halides is 3. The Labute approximate surface area is 202 Å². The summed E-state index contributed by atoms with van der Waals surface area (Å²) in [6.07, 6.45) is -1.18. The van der Waals surface area contributed by atoms with E-state index in [4.69, 9.17) is 86.6 Å². The number of nitrogens with one attached hydrogen (secondary N) is 3. The molecule has 0 aliphatic rings. The molecule has 2 aromatic rings. The molecule has 3 N–H and O–H groups in total. The normalized spacial score (nSPS) is 12.1. The lowest BCUT2D eigenvalue weighted by Crippen LogP contribution is -2.56. The molecule has 156 valence electrons. The second-order valence-electron chi connectivity index (χ2n) is 5.52. The molecule has 0 aromatic heterocycles. The molecule has 2 rings (SSSR count). The average Bonchev–Trinajstić information content (AvgIpc) is 2.63. The van der Waals surface area contributed by atoms with Crippen molar-refractivity contribution in [2.75, 3.05) is 12.4 Å². The third-order valence-corrected chi connectivity index (χ3v) is 5.14. The van der Waals surface area contributed by atoms with E-state index in [2.05, 4.69) is 16.0 Å². The molecule has 1 amide bonds. The Hall–Kier alpha value is -0.860. The maximum absolute atomic E-state index is 12.6. The Kier molecular flexibility index (Phi) is 8.79. The smallest absolute Gasteiger partial charge is 0.253 e. The number of hydrogen-bond acceptors (Lipinski definition) is 3. The highest BCUT2D eigenvalue weighted by Crippen LogP contribution is 2.34. The lowest BCUT2D eigenvalue weighted by atomic mass is 10.2. The van der Waals surface area contributed by atoms with Gasteiger partial charge in [0.2, 0.25) is 3.79 Å². The molecule has 0 bridgehead atoms. The van der Waals surface area contributed by atoms with Gasteiger partial charge in [-0.2, -0.15) is 0 Å². The Morgan fingerprint density at radius 3 is 2.24 bits per heavy atom. The SMILES string of the molecule is COc1cccc(C(=O)NC(NC(=S)Nc2c(Cl)cc(Cl)cc2Cl)C(Cl)(Cl)Cl)c1. The van der Waals surface area contributed by atoms with Gasteiger partial charge in [0.1, 0.15) is 11.9 Å². The molecule has 5 nitrogen and oxygen atoms in total. The van der Waals surface area contributed by atoms with Crippen LogP contribution in [0.5, 0.6) is 5.75 Å². The minimum Gasteiger partial charge on any atom is -0.497 e. The van der Waals surface area contributed by atoms with Crippen LogP contribution in [0.1, 0.15) is 10.4 Å². The molecule has 29 heavy (non-hydrogen) atoms. The van der Waals surface area contributed by atoms with Crippen LogP contribution >= 0.6 is 81.8 Å². The summed E-state index contributed by atoms with van der Waals surface area (Å²) in [6.45, 7) is 0. The van der Waals surface area contributed by atoms with Gasteiger partial charge in [0.05, 0.1) is 22.8 Å². The molecule has 1 atom stereocenters. The van der Waals surface area contributed by atoms with Gasteiger partial charge in [-0.25, -0.2) is 0 Å². The highest BCUT2D eigenvalue weighted by atomic mass is 35.6. The van der Waals surface area contributed by atoms with E-state index in [1.807, 2.05) is 0 Å². The number of rotatable bonds is 5. The largest absolute Gasteiger partial charge is 0.497 e. The van der Waals surface area contributed by atoms with Crippen LogP contribution in [0.2, 0.25) is 15.1 Å². The van der Waals surface area contributed by atoms with Crippen molar-refractivity contribution in [2.45, 2.75) is 9.96 Å². The van der Waals surface area contributed by atoms with Gasteiger partial charge < -0.3 is 20.7 Å². The van der Waals surface area contributed by atoms with E-state index in [-0.39, 0.29) is 15.2 Å². The highest BCUT2D eigenvalue weighted by molar-refractivity contribution is 7.80. The number of anilines is 1. The van der Waals surface area contributed by atoms with Gasteiger partial charge in [0, 0.05) is 10.6 Å². The van der Waals surface area contributed by atoms with E-state index in [1.54, 1.807) is 18.2 Å². The molecule has 1 unspecified atom stereocenters. The molecule has 0 heterocycles. The van der Waals surface area contributed by atoms with Crippen LogP contribution in [0, 0.1) is 0 Å². The Morgan fingerprint density at radius 1 is 1.07 bits per heavy atom. The highest BCUT2D eigenvalue weighted by Gasteiger charge is 2.35. The van der Waals surface area contributed by atoms with Crippen molar-refractivity contribution in [2.24, 2.45) is 0 Å². The molecule has 0 spiro atoms. The summed E-state index contributed by atoms with van der Waals surface area (Å²) in [4.78, 5) is 12.6. The summed E-state index contributed by atoms with van der Waals surface area (Å²) in [5.41, 5.74) is 0.602. The standard InChI is InChI=1S/C17H13Cl6N3O2S/c1-28-10-4-2-3-8(5-10)14(27)25-15(17(21,22)23)26-16(29)24-13-11(19)6-9(18)7-12(13)20/h2-7,15H,1H3,(H,25,27)(H2,24,26,29). The molecule has 0 radical (unpaired) electrons. The van der Waals surface area contributed by atoms with Crippen molar-refractivity contribution < 1.29 is 9.53 Å². The molecule has 2 aromatic carbocycles. The second-order valence-corrected chi connectivity index (χ2v) is 9.55. The number of ether oxygens (including phenoxy) is 1. The summed E-state index contributed by atoms with van der Waals surface area (Å²) in [5, 5.41) is 8.89. The molecule has 0 aliphatic carbocycles. The van der Waals surface area contributed by atoms with E-state index in [0.717, 1.165) is 0 Å². The number of amides is 1. The van der Waals surface area contributed by atoms with E-state index >= 15 is 0 Å². The average molecular weight is 536 g/mol. The van der Waals surface area contributed by atoms with Crippen LogP contribution in [0.15, 0.2) is 36.4 Å². The van der Waals surface area contributed by atoms with Crippen LogP contribution in [0.25, 0.3) is 0 Å². The van der Waals surface area contributed by atoms with Gasteiger partial charge in [0.25, 0.3) is 5.91 Å². The third-order valence-electron chi connectivity index (χ3n) is 3.46. The molecule has 0 saturated carbocycles. The zero-order chi connectivity index (χ0) is 21.8. The maximum Gasteiger partial charge on any atom is 0.253 e. The number of carbonyl (C=O) groups excluding carboxylic acids is 1. The van der Waals surface area contributed by atoms with Crippen molar-refractivity contribution in [1.82, 2.24) is 10.6 Å². The minimum atomic E-state index is -1.94. The molecule has 0 aliphatic heterocycles. The molecular formula is C17H13Cl6N3O2S. The predicted octanol–water partition coefficient (Wildman–Crippen LogP) is 6.07. The lowest BCUT2D eigenvalue weighted by Gasteiger charge is -2.28. The molecular weight excluding hydrogens is 523 g/mol. The quantitative estimate of drug-likeness (QED) is 0.246. The first-order valence-electron chi connectivity index (χ1n) is 7.75. The van der Waals surface area contributed by atoms with E-state index in [1.165, 1.54) is 25.3 Å². The van der Waals surface area contributed by atoms with Crippen LogP contribution in [0.4, 0.5) is 5.69 Å². The van der Waals surface area contributed by atoms with Gasteiger partial charge in [0.15, 0.2) is 5.11 Å². The van der Waals surface area contributed by atoms with Gasteiger partial charge in [-0.3, -0.25) is 4.79 Å². The topological polar surface area (TPSA) is 62.4 Å². The first-order valence-corrected chi connectivity index (χ1v) is 10.4. The fourth-order valence-corrected chi connectivity index (χ4v) is 3.58. The Morgan fingerprint density at radius 2 is 1.69 bits per heavy atom. The van der Waals surface area contributed by atoms with E-state index < -0.39 is 15.9 Å². The van der Waals surface area contributed by atoms with Crippen LogP contribution in [0.3, 0.4) is 0 Å². The van der Waals surface area contributed by atoms with Crippen molar-refractivity contribution in [1.29, 1.82) is 0 Å². The van der Waals surface area contributed by atoms with E-state index in [9.17, 15) is 4.79 Å². The minimum absolute atomic E-state index is 0.00149. The van der Waals surface area contributed by atoms with Crippen molar-refractivity contribution in [3.8, 4) is 5.75 Å². The third kappa shape index (κ3) is 7.10. The summed E-state index contributed by atoms with van der Waals surface area (Å²) in [6, 6.07) is 9.43. The summed E-state index contributed by atoms with van der Waals surface area (Å²) in [7, 11) is 1.49. The van der Waals surface area contributed by atoms with Crippen molar-refractivity contribution in [3.05, 3.63) is 57.0 Å². The van der Waals surface area contributed by atoms with Crippen LogP contribution in [-0.4, -0.2) is 28.1 Å². The van der Waals surface area contributed by atoms with Gasteiger partial charge >= 0.3 is 0 Å². The van der Waals surface area contributed by atoms with E-state index in [0.29, 0.717) is 22.0 Å². The Bertz CT molecular complexity index is 899. The fraction of sp³-hybridized carbons (Fsp3) is 0.176. The monoisotopic (exact) mass is 533 g/mol. The zero-order valence-corrected chi connectivity index (χ0v) is 19.9. The van der Waals surface area contributed by atoms with Crippen LogP contribution < -0.4 is 20.7 Å². The number of methoxy groups -OCH3 is 1. The van der Waals surface area contributed by atoms with Gasteiger partial charge in [-0.05, 0) is 42.5 Å². The number of thiocarbonyl (C=S) groups is 1. The first-order chi connectivity index (χ1) is 13.5. The Balaban J connectivity index is 2.15. The zero-order valence-electron chi connectivity index (χ0n) is 14.5. The van der Waals surface area contributed by atoms with Crippen LogP contribution in [-0.2, 0) is 0 Å². The summed E-state index contributed by atoms with van der Waals surface area (Å²) < 4.78 is 3.16. The summed E-state index contributed by atoms with van der Waals surface area (Å²) in [5.74, 6) is -0.0154. The number of benzene rings is 2. The second kappa shape index (κ2) is 10.4. The maximum atomic E-state index is 12.6. The summed E-state index contributed by atoms with van der Waals surface area (Å²) >= 11 is 41.3. The van der Waals surface area contributed by atoms with Crippen molar-refractivity contribution >= 4 is 98.5 Å². The number of hydrogen-bond donors (Lipinski definition) is 3. The number of carbonyl (C=O) groups is 1. The van der Waals surface area contributed by atoms with Gasteiger partial charge in [-0.15, -0.1) is 0 Å². The molecule has 12 heteroatoms. The number of halogens is 6. The fourth-order valence-electron chi connectivity index (χ4n) is 2.12. The van der Waals surface area contributed by atoms with Crippen molar-refractivity contribution in [3.63, 3.8) is 0 Å². The first kappa shape index (κ1) is 24.4.